The number of sulfonamides is 1. The fourth-order valence-electron chi connectivity index (χ4n) is 2.43. The maximum atomic E-state index is 12.5. The summed E-state index contributed by atoms with van der Waals surface area (Å²) >= 11 is 0. The molecule has 0 N–H and O–H groups in total. The molecule has 0 aromatic heterocycles. The SMILES string of the molecule is C=CCN(CC(F)(F)F)C(=O)C1CCN(S(=O)(=O)CC)CC1. The van der Waals surface area contributed by atoms with E-state index in [-0.39, 0.29) is 38.2 Å². The summed E-state index contributed by atoms with van der Waals surface area (Å²) in [4.78, 5) is 12.9. The number of alkyl halides is 3. The highest BCUT2D eigenvalue weighted by atomic mass is 32.2. The van der Waals surface area contributed by atoms with Crippen LogP contribution in [0.25, 0.3) is 0 Å². The summed E-state index contributed by atoms with van der Waals surface area (Å²) in [5, 5.41) is 0. The summed E-state index contributed by atoms with van der Waals surface area (Å²) < 4.78 is 62.3. The molecule has 9 heteroatoms. The molecule has 0 bridgehead atoms. The van der Waals surface area contributed by atoms with Crippen LogP contribution in [0.4, 0.5) is 13.2 Å². The monoisotopic (exact) mass is 342 g/mol. The first-order chi connectivity index (χ1) is 10.1. The van der Waals surface area contributed by atoms with Gasteiger partial charge >= 0.3 is 6.18 Å². The summed E-state index contributed by atoms with van der Waals surface area (Å²) in [7, 11) is -3.32. The Morgan fingerprint density at radius 2 is 1.91 bits per heavy atom. The van der Waals surface area contributed by atoms with E-state index in [1.54, 1.807) is 0 Å². The van der Waals surface area contributed by atoms with Gasteiger partial charge in [0.25, 0.3) is 0 Å². The molecule has 0 unspecified atom stereocenters. The van der Waals surface area contributed by atoms with Crippen LogP contribution in [0, 0.1) is 5.92 Å². The van der Waals surface area contributed by atoms with E-state index in [9.17, 15) is 26.4 Å². The minimum atomic E-state index is -4.47. The Bertz CT molecular complexity index is 497. The first kappa shape index (κ1) is 19.0. The molecule has 1 fully saturated rings. The lowest BCUT2D eigenvalue weighted by Gasteiger charge is -2.33. The molecule has 0 spiro atoms. The minimum Gasteiger partial charge on any atom is -0.330 e. The summed E-state index contributed by atoms with van der Waals surface area (Å²) in [5.41, 5.74) is 0. The van der Waals surface area contributed by atoms with E-state index in [0.29, 0.717) is 0 Å². The predicted octanol–water partition coefficient (Wildman–Crippen LogP) is 1.63. The van der Waals surface area contributed by atoms with Crippen LogP contribution < -0.4 is 0 Å². The molecule has 0 aromatic carbocycles. The van der Waals surface area contributed by atoms with E-state index in [1.165, 1.54) is 17.3 Å². The highest BCUT2D eigenvalue weighted by molar-refractivity contribution is 7.89. The fourth-order valence-corrected chi connectivity index (χ4v) is 3.56. The fraction of sp³-hybridized carbons (Fsp3) is 0.769. The van der Waals surface area contributed by atoms with Gasteiger partial charge in [0.05, 0.1) is 5.75 Å². The van der Waals surface area contributed by atoms with Crippen molar-refractivity contribution in [1.82, 2.24) is 9.21 Å². The number of halogens is 3. The zero-order valence-electron chi connectivity index (χ0n) is 12.5. The van der Waals surface area contributed by atoms with Crippen LogP contribution in [0.15, 0.2) is 12.7 Å². The second-order valence-electron chi connectivity index (χ2n) is 5.20. The van der Waals surface area contributed by atoms with Gasteiger partial charge in [-0.2, -0.15) is 13.2 Å². The topological polar surface area (TPSA) is 57.7 Å². The van der Waals surface area contributed by atoms with Gasteiger partial charge in [-0.15, -0.1) is 6.58 Å². The zero-order valence-corrected chi connectivity index (χ0v) is 13.3. The smallest absolute Gasteiger partial charge is 0.330 e. The first-order valence-electron chi connectivity index (χ1n) is 7.05. The van der Waals surface area contributed by atoms with Gasteiger partial charge in [0.15, 0.2) is 0 Å². The van der Waals surface area contributed by atoms with Crippen molar-refractivity contribution in [3.63, 3.8) is 0 Å². The van der Waals surface area contributed by atoms with Gasteiger partial charge in [0, 0.05) is 25.6 Å². The van der Waals surface area contributed by atoms with Crippen molar-refractivity contribution in [2.75, 3.05) is 31.9 Å². The van der Waals surface area contributed by atoms with Crippen molar-refractivity contribution in [2.24, 2.45) is 5.92 Å². The summed E-state index contributed by atoms with van der Waals surface area (Å²) in [6, 6.07) is 0. The lowest BCUT2D eigenvalue weighted by Crippen LogP contribution is -2.47. The molecule has 22 heavy (non-hydrogen) atoms. The van der Waals surface area contributed by atoms with Gasteiger partial charge in [-0.3, -0.25) is 4.79 Å². The second-order valence-corrected chi connectivity index (χ2v) is 7.45. The lowest BCUT2D eigenvalue weighted by atomic mass is 9.96. The minimum absolute atomic E-state index is 0.0255. The molecular formula is C13H21F3N2O3S. The number of carbonyl (C=O) groups excluding carboxylic acids is 1. The number of nitrogens with zero attached hydrogens (tertiary/aromatic N) is 2. The van der Waals surface area contributed by atoms with Gasteiger partial charge in [0.2, 0.25) is 15.9 Å². The van der Waals surface area contributed by atoms with Crippen LogP contribution in [0.5, 0.6) is 0 Å². The Morgan fingerprint density at radius 3 is 2.32 bits per heavy atom. The zero-order chi connectivity index (χ0) is 17.0. The summed E-state index contributed by atoms with van der Waals surface area (Å²) in [5.74, 6) is -1.20. The number of piperidine rings is 1. The average molecular weight is 342 g/mol. The van der Waals surface area contributed by atoms with Gasteiger partial charge in [-0.1, -0.05) is 6.08 Å². The van der Waals surface area contributed by atoms with Gasteiger partial charge in [-0.25, -0.2) is 12.7 Å². The van der Waals surface area contributed by atoms with Crippen LogP contribution >= 0.6 is 0 Å². The Morgan fingerprint density at radius 1 is 1.36 bits per heavy atom. The van der Waals surface area contributed by atoms with E-state index in [2.05, 4.69) is 6.58 Å². The third-order valence-corrected chi connectivity index (χ3v) is 5.47. The molecule has 0 saturated carbocycles. The van der Waals surface area contributed by atoms with E-state index < -0.39 is 34.6 Å². The molecule has 0 radical (unpaired) electrons. The van der Waals surface area contributed by atoms with Gasteiger partial charge < -0.3 is 4.90 Å². The van der Waals surface area contributed by atoms with Crippen molar-refractivity contribution in [1.29, 1.82) is 0 Å². The Labute approximate surface area is 128 Å². The van der Waals surface area contributed by atoms with E-state index in [4.69, 9.17) is 0 Å². The molecule has 1 aliphatic rings. The quantitative estimate of drug-likeness (QED) is 0.690. The number of hydrogen-bond acceptors (Lipinski definition) is 3. The Kier molecular flexibility index (Phi) is 6.42. The largest absolute Gasteiger partial charge is 0.406 e. The molecule has 1 heterocycles. The molecule has 0 atom stereocenters. The molecule has 1 saturated heterocycles. The van der Waals surface area contributed by atoms with Gasteiger partial charge in [0.1, 0.15) is 6.54 Å². The highest BCUT2D eigenvalue weighted by Gasteiger charge is 2.37. The highest BCUT2D eigenvalue weighted by Crippen LogP contribution is 2.24. The molecule has 128 valence electrons. The number of hydrogen-bond donors (Lipinski definition) is 0. The van der Waals surface area contributed by atoms with Crippen LogP contribution in [0.1, 0.15) is 19.8 Å². The number of amides is 1. The van der Waals surface area contributed by atoms with Crippen molar-refractivity contribution < 1.29 is 26.4 Å². The maximum Gasteiger partial charge on any atom is 0.406 e. The second kappa shape index (κ2) is 7.45. The van der Waals surface area contributed by atoms with Crippen molar-refractivity contribution in [3.05, 3.63) is 12.7 Å². The Balaban J connectivity index is 2.68. The molecule has 1 aliphatic heterocycles. The molecular weight excluding hydrogens is 321 g/mol. The normalized spacial score (nSPS) is 18.2. The standard InChI is InChI=1S/C13H21F3N2O3S/c1-3-7-17(10-13(14,15)16)12(19)11-5-8-18(9-6-11)22(20,21)4-2/h3,11H,1,4-10H2,2H3. The van der Waals surface area contributed by atoms with Crippen molar-refractivity contribution in [2.45, 2.75) is 25.9 Å². The molecule has 5 nitrogen and oxygen atoms in total. The van der Waals surface area contributed by atoms with Gasteiger partial charge in [-0.05, 0) is 19.8 Å². The molecule has 1 rings (SSSR count). The summed E-state index contributed by atoms with van der Waals surface area (Å²) in [6.07, 6.45) is -2.74. The molecule has 0 aromatic rings. The number of carbonyl (C=O) groups is 1. The van der Waals surface area contributed by atoms with E-state index in [1.807, 2.05) is 0 Å². The van der Waals surface area contributed by atoms with Crippen LogP contribution in [0.2, 0.25) is 0 Å². The van der Waals surface area contributed by atoms with E-state index in [0.717, 1.165) is 4.90 Å². The Hall–Kier alpha value is -1.09. The third-order valence-electron chi connectivity index (χ3n) is 3.59. The molecule has 1 amide bonds. The average Bonchev–Trinajstić information content (AvgIpc) is 2.45. The first-order valence-corrected chi connectivity index (χ1v) is 8.66. The van der Waals surface area contributed by atoms with Crippen LogP contribution in [-0.2, 0) is 14.8 Å². The number of rotatable bonds is 6. The van der Waals surface area contributed by atoms with Crippen molar-refractivity contribution in [3.8, 4) is 0 Å². The van der Waals surface area contributed by atoms with Crippen molar-refractivity contribution >= 4 is 15.9 Å². The van der Waals surface area contributed by atoms with Crippen LogP contribution in [-0.4, -0.2) is 61.6 Å². The van der Waals surface area contributed by atoms with E-state index >= 15 is 0 Å². The summed E-state index contributed by atoms with van der Waals surface area (Å²) in [6.45, 7) is 3.74. The third kappa shape index (κ3) is 5.28. The molecule has 0 aliphatic carbocycles. The lowest BCUT2D eigenvalue weighted by molar-refractivity contribution is -0.163. The van der Waals surface area contributed by atoms with Crippen LogP contribution in [0.3, 0.4) is 0 Å². The maximum absolute atomic E-state index is 12.5. The predicted molar refractivity (Wildman–Crippen MR) is 76.6 cm³/mol.